The number of carbonyl (C=O) groups excluding carboxylic acids is 2. The van der Waals surface area contributed by atoms with Crippen molar-refractivity contribution in [3.8, 4) is 5.75 Å². The normalized spacial score (nSPS) is 23.3. The smallest absolute Gasteiger partial charge is 0.303 e. The summed E-state index contributed by atoms with van der Waals surface area (Å²) >= 11 is 0. The van der Waals surface area contributed by atoms with Crippen molar-refractivity contribution in [2.24, 2.45) is 5.92 Å². The molecule has 1 aliphatic rings. The molecule has 5 atom stereocenters. The van der Waals surface area contributed by atoms with E-state index in [-0.39, 0.29) is 24.4 Å². The van der Waals surface area contributed by atoms with Gasteiger partial charge < -0.3 is 23.7 Å². The largest absolute Gasteiger partial charge is 0.489 e. The Hall–Kier alpha value is -2.97. The van der Waals surface area contributed by atoms with Crippen molar-refractivity contribution in [1.29, 1.82) is 0 Å². The molecule has 1 aliphatic heterocycles. The topological polar surface area (TPSA) is 80.3 Å². The van der Waals surface area contributed by atoms with Gasteiger partial charge in [-0.3, -0.25) is 9.59 Å². The lowest BCUT2D eigenvalue weighted by Gasteiger charge is -2.43. The maximum Gasteiger partial charge on any atom is 0.303 e. The second-order valence-electron chi connectivity index (χ2n) is 9.31. The molecule has 202 valence electrons. The van der Waals surface area contributed by atoms with Gasteiger partial charge in [-0.15, -0.1) is 0 Å². The van der Waals surface area contributed by atoms with Crippen LogP contribution in [0.1, 0.15) is 58.1 Å². The van der Waals surface area contributed by atoms with Crippen molar-refractivity contribution in [2.75, 3.05) is 6.61 Å². The molecule has 0 amide bonds. The van der Waals surface area contributed by atoms with Gasteiger partial charge in [-0.1, -0.05) is 44.2 Å². The van der Waals surface area contributed by atoms with Crippen LogP contribution in [0.4, 0.5) is 4.39 Å². The highest BCUT2D eigenvalue weighted by molar-refractivity contribution is 5.67. The van der Waals surface area contributed by atoms with E-state index in [0.717, 1.165) is 24.8 Å². The Labute approximate surface area is 218 Å². The van der Waals surface area contributed by atoms with Gasteiger partial charge in [-0.2, -0.15) is 0 Å². The summed E-state index contributed by atoms with van der Waals surface area (Å²) in [7, 11) is 0. The zero-order valence-corrected chi connectivity index (χ0v) is 22.0. The fourth-order valence-corrected chi connectivity index (χ4v) is 4.48. The minimum atomic E-state index is -0.823. The molecule has 0 saturated carbocycles. The number of halogens is 1. The molecule has 5 unspecified atom stereocenters. The first-order chi connectivity index (χ1) is 17.8. The van der Waals surface area contributed by atoms with E-state index in [1.807, 2.05) is 38.1 Å². The zero-order valence-electron chi connectivity index (χ0n) is 22.0. The highest BCUT2D eigenvalue weighted by Gasteiger charge is 2.47. The number of ether oxygens (including phenoxy) is 5. The van der Waals surface area contributed by atoms with E-state index >= 15 is 0 Å². The fraction of sp³-hybridized carbons (Fsp3) is 0.517. The predicted octanol–water partition coefficient (Wildman–Crippen LogP) is 5.38. The Morgan fingerprint density at radius 1 is 0.946 bits per heavy atom. The summed E-state index contributed by atoms with van der Waals surface area (Å²) in [5.74, 6) is -0.656. The molecule has 0 radical (unpaired) electrons. The molecule has 0 N–H and O–H groups in total. The molecule has 0 spiro atoms. The predicted molar refractivity (Wildman–Crippen MR) is 135 cm³/mol. The van der Waals surface area contributed by atoms with Crippen LogP contribution in [0.15, 0.2) is 48.5 Å². The van der Waals surface area contributed by atoms with Crippen molar-refractivity contribution in [2.45, 2.75) is 84.6 Å². The van der Waals surface area contributed by atoms with Crippen LogP contribution in [0, 0.1) is 11.7 Å². The van der Waals surface area contributed by atoms with Gasteiger partial charge in [0.05, 0.1) is 6.10 Å². The van der Waals surface area contributed by atoms with Gasteiger partial charge in [0.15, 0.2) is 12.4 Å². The van der Waals surface area contributed by atoms with Crippen LogP contribution >= 0.6 is 0 Å². The molecule has 1 saturated heterocycles. The van der Waals surface area contributed by atoms with Crippen LogP contribution in [0.2, 0.25) is 0 Å². The molecule has 0 bridgehead atoms. The molecule has 0 aromatic heterocycles. The number of carbonyl (C=O) groups is 2. The monoisotopic (exact) mass is 516 g/mol. The first-order valence-corrected chi connectivity index (χ1v) is 12.8. The molecule has 2 aromatic carbocycles. The molecular formula is C29H37FO7. The number of aryl methyl sites for hydroxylation is 1. The van der Waals surface area contributed by atoms with Gasteiger partial charge in [-0.25, -0.2) is 4.39 Å². The summed E-state index contributed by atoms with van der Waals surface area (Å²) in [6.45, 7) is 7.15. The number of benzene rings is 2. The second kappa shape index (κ2) is 14.1. The van der Waals surface area contributed by atoms with Crippen molar-refractivity contribution in [3.05, 3.63) is 65.5 Å². The van der Waals surface area contributed by atoms with Crippen molar-refractivity contribution < 1.29 is 37.7 Å². The molecule has 8 heteroatoms. The first kappa shape index (κ1) is 28.6. The van der Waals surface area contributed by atoms with Gasteiger partial charge in [-0.05, 0) is 49.4 Å². The summed E-state index contributed by atoms with van der Waals surface area (Å²) < 4.78 is 42.5. The molecule has 1 fully saturated rings. The molecule has 3 rings (SSSR count). The number of hydrogen-bond donors (Lipinski definition) is 0. The lowest BCUT2D eigenvalue weighted by Crippen LogP contribution is -2.57. The Morgan fingerprint density at radius 3 is 2.27 bits per heavy atom. The zero-order chi connectivity index (χ0) is 26.8. The first-order valence-electron chi connectivity index (χ1n) is 12.8. The summed E-state index contributed by atoms with van der Waals surface area (Å²) in [4.78, 5) is 23.4. The van der Waals surface area contributed by atoms with Crippen LogP contribution in [-0.4, -0.2) is 43.1 Å². The molecule has 0 aliphatic carbocycles. The maximum absolute atomic E-state index is 13.7. The van der Waals surface area contributed by atoms with Crippen LogP contribution in [0.5, 0.6) is 5.75 Å². The summed E-state index contributed by atoms with van der Waals surface area (Å²) in [6, 6.07) is 14.3. The van der Waals surface area contributed by atoms with Crippen molar-refractivity contribution in [1.82, 2.24) is 0 Å². The quantitative estimate of drug-likeness (QED) is 0.277. The van der Waals surface area contributed by atoms with E-state index in [4.69, 9.17) is 23.7 Å². The van der Waals surface area contributed by atoms with Crippen LogP contribution in [-0.2, 0) is 41.6 Å². The second-order valence-corrected chi connectivity index (χ2v) is 9.31. The third-order valence-electron chi connectivity index (χ3n) is 6.43. The van der Waals surface area contributed by atoms with Crippen LogP contribution in [0.25, 0.3) is 0 Å². The van der Waals surface area contributed by atoms with E-state index in [1.54, 1.807) is 18.2 Å². The maximum atomic E-state index is 13.7. The summed E-state index contributed by atoms with van der Waals surface area (Å²) in [5.41, 5.74) is 1.67. The number of unbranched alkanes of at least 4 members (excludes halogenated alkanes) is 1. The third-order valence-corrected chi connectivity index (χ3v) is 6.43. The van der Waals surface area contributed by atoms with E-state index < -0.39 is 30.4 Å². The van der Waals surface area contributed by atoms with Crippen molar-refractivity contribution in [3.63, 3.8) is 0 Å². The molecule has 37 heavy (non-hydrogen) atoms. The average molecular weight is 517 g/mol. The minimum absolute atomic E-state index is 0.142. The lowest BCUT2D eigenvalue weighted by atomic mass is 9.89. The van der Waals surface area contributed by atoms with Crippen molar-refractivity contribution >= 4 is 11.9 Å². The molecule has 1 heterocycles. The highest BCUT2D eigenvalue weighted by atomic mass is 19.1. The Bertz CT molecular complexity index is 1010. The van der Waals surface area contributed by atoms with Gasteiger partial charge in [0.2, 0.25) is 0 Å². The standard InChI is InChI=1S/C29H37FO7/c1-5-26-19(2)27(35-20(3)31)28(36-21(4)32)29(37-26)33-17-9-8-10-22-13-15-24(16-14-22)34-18-23-11-6-7-12-25(23)30/h6-7,11-16,19,26-29H,5,8-10,17-18H2,1-4H3. The van der Waals surface area contributed by atoms with Gasteiger partial charge in [0, 0.05) is 31.9 Å². The average Bonchev–Trinajstić information content (AvgIpc) is 2.87. The van der Waals surface area contributed by atoms with E-state index in [0.29, 0.717) is 24.3 Å². The SMILES string of the molecule is CCC1OC(OCCCCc2ccc(OCc3ccccc3F)cc2)C(OC(C)=O)C(OC(C)=O)C1C. The Kier molecular flexibility index (Phi) is 10.9. The fourth-order valence-electron chi connectivity index (χ4n) is 4.48. The minimum Gasteiger partial charge on any atom is -0.489 e. The summed E-state index contributed by atoms with van der Waals surface area (Å²) in [5, 5.41) is 0. The number of hydrogen-bond acceptors (Lipinski definition) is 7. The van der Waals surface area contributed by atoms with E-state index in [9.17, 15) is 14.0 Å². The Balaban J connectivity index is 1.46. The molecule has 2 aromatic rings. The van der Waals surface area contributed by atoms with Gasteiger partial charge in [0.25, 0.3) is 0 Å². The Morgan fingerprint density at radius 2 is 1.62 bits per heavy atom. The number of rotatable bonds is 12. The van der Waals surface area contributed by atoms with Gasteiger partial charge >= 0.3 is 11.9 Å². The number of esters is 2. The van der Waals surface area contributed by atoms with Crippen LogP contribution < -0.4 is 4.74 Å². The van der Waals surface area contributed by atoms with Crippen LogP contribution in [0.3, 0.4) is 0 Å². The van der Waals surface area contributed by atoms with Gasteiger partial charge in [0.1, 0.15) is 24.3 Å². The highest BCUT2D eigenvalue weighted by Crippen LogP contribution is 2.32. The molecular weight excluding hydrogens is 479 g/mol. The third kappa shape index (κ3) is 8.54. The molecule has 7 nitrogen and oxygen atoms in total. The lowest BCUT2D eigenvalue weighted by molar-refractivity contribution is -0.290. The van der Waals surface area contributed by atoms with E-state index in [2.05, 4.69) is 0 Å². The van der Waals surface area contributed by atoms with E-state index in [1.165, 1.54) is 19.9 Å². The summed E-state index contributed by atoms with van der Waals surface area (Å²) in [6.07, 6.45) is 0.761.